The van der Waals surface area contributed by atoms with Gasteiger partial charge in [0.05, 0.1) is 0 Å². The molecule has 0 radical (unpaired) electrons. The van der Waals surface area contributed by atoms with E-state index in [0.29, 0.717) is 0 Å². The number of rotatable bonds is 0. The van der Waals surface area contributed by atoms with Crippen LogP contribution in [0.2, 0.25) is 0 Å². The molecule has 0 saturated heterocycles. The summed E-state index contributed by atoms with van der Waals surface area (Å²) in [7, 11) is 0. The van der Waals surface area contributed by atoms with Gasteiger partial charge in [-0.15, -0.1) is 12.3 Å². The Morgan fingerprint density at radius 3 is 2.60 bits per heavy atom. The summed E-state index contributed by atoms with van der Waals surface area (Å²) >= 11 is 0. The van der Waals surface area contributed by atoms with Crippen LogP contribution in [0, 0.1) is 18.2 Å². The average molecular weight is 67.1 g/mol. The van der Waals surface area contributed by atoms with Crippen LogP contribution in [-0.2, 0) is 0 Å². The Labute approximate surface area is 33.6 Å². The van der Waals surface area contributed by atoms with Gasteiger partial charge in [0.2, 0.25) is 0 Å². The zero-order valence-corrected chi connectivity index (χ0v) is 2.99. The molecule has 0 aromatic rings. The Hall–Kier alpha value is -0.440. The first kappa shape index (κ1) is 1.87. The van der Waals surface area contributed by atoms with Crippen molar-refractivity contribution in [1.29, 1.82) is 0 Å². The molecule has 0 heteroatoms. The van der Waals surface area contributed by atoms with Gasteiger partial charge in [0, 0.05) is 7.26 Å². The molecule has 0 spiro atoms. The van der Waals surface area contributed by atoms with Crippen LogP contribution in [0.15, 0.2) is 0 Å². The molecule has 1 rings (SSSR count). The Balaban J connectivity index is 2.54. The third-order valence-electron chi connectivity index (χ3n) is 0.704. The first-order chi connectivity index (χ1) is 2.77. The van der Waals surface area contributed by atoms with Crippen molar-refractivity contribution < 1.29 is 1.37 Å². The van der Waals surface area contributed by atoms with Crippen LogP contribution in [0.25, 0.3) is 0 Å². The second-order valence-corrected chi connectivity index (χ2v) is 1.25. The summed E-state index contributed by atoms with van der Waals surface area (Å²) in [5.74, 6) is 1.95. The molecule has 1 fully saturated rings. The second kappa shape index (κ2) is 0.755. The minimum atomic E-state index is -0.431. The van der Waals surface area contributed by atoms with E-state index in [4.69, 9.17) is 7.79 Å². The fourth-order valence-corrected chi connectivity index (χ4v) is 0.207. The lowest BCUT2D eigenvalue weighted by Gasteiger charge is -1.57. The smallest absolute Gasteiger partial charge is 0.0439 e. The third kappa shape index (κ3) is 0.417. The van der Waals surface area contributed by atoms with Crippen molar-refractivity contribution in [3.63, 3.8) is 0 Å². The Bertz CT molecular complexity index is 95.0. The summed E-state index contributed by atoms with van der Waals surface area (Å²) in [6.45, 7) is 0. The van der Waals surface area contributed by atoms with E-state index in [1.54, 1.807) is 0 Å². The molecule has 0 aliphatic heterocycles. The van der Waals surface area contributed by atoms with Gasteiger partial charge in [-0.05, 0) is 12.8 Å². The molecule has 0 unspecified atom stereocenters. The van der Waals surface area contributed by atoms with Crippen molar-refractivity contribution in [2.45, 2.75) is 12.8 Å². The van der Waals surface area contributed by atoms with E-state index < -0.39 is 5.89 Å². The predicted octanol–water partition coefficient (Wildman–Crippen LogP) is 1.03. The number of hydrogen-bond acceptors (Lipinski definition) is 0. The molecule has 26 valence electrons. The fraction of sp³-hybridized carbons (Fsp3) is 0.600. The van der Waals surface area contributed by atoms with E-state index in [9.17, 15) is 0 Å². The van der Waals surface area contributed by atoms with Gasteiger partial charge in [-0.3, -0.25) is 0 Å². The quantitative estimate of drug-likeness (QED) is 0.371. The number of hydrogen-bond donors (Lipinski definition) is 0. The van der Waals surface area contributed by atoms with Gasteiger partial charge in [-0.2, -0.15) is 0 Å². The molecule has 0 N–H and O–H groups in total. The molecule has 0 atom stereocenters. The van der Waals surface area contributed by atoms with Crippen molar-refractivity contribution in [3.05, 3.63) is 0 Å². The largest absolute Gasteiger partial charge is 0.120 e. The van der Waals surface area contributed by atoms with Crippen LogP contribution >= 0.6 is 0 Å². The topological polar surface area (TPSA) is 0 Å². The van der Waals surface area contributed by atoms with E-state index in [0.717, 1.165) is 12.8 Å². The van der Waals surface area contributed by atoms with E-state index in [-0.39, 0.29) is 0 Å². The summed E-state index contributed by atoms with van der Waals surface area (Å²) in [4.78, 5) is 0. The van der Waals surface area contributed by atoms with Gasteiger partial charge in [0.15, 0.2) is 0 Å². The molecule has 5 heavy (non-hydrogen) atoms. The Morgan fingerprint density at radius 2 is 2.60 bits per heavy atom. The van der Waals surface area contributed by atoms with Gasteiger partial charge < -0.3 is 0 Å². The van der Waals surface area contributed by atoms with Crippen LogP contribution in [0.4, 0.5) is 0 Å². The molecule has 0 heterocycles. The van der Waals surface area contributed by atoms with Crippen molar-refractivity contribution in [3.8, 4) is 12.3 Å². The minimum absolute atomic E-state index is 0.431. The van der Waals surface area contributed by atoms with Crippen molar-refractivity contribution in [2.24, 2.45) is 5.89 Å². The fourth-order valence-electron chi connectivity index (χ4n) is 0.207. The van der Waals surface area contributed by atoms with E-state index in [1.165, 1.54) is 0 Å². The highest BCUT2D eigenvalue weighted by atomic mass is 14.2. The lowest BCUT2D eigenvalue weighted by atomic mass is 10.5. The molecule has 1 aliphatic rings. The van der Waals surface area contributed by atoms with Crippen LogP contribution in [0.1, 0.15) is 14.2 Å². The van der Waals surface area contributed by atoms with Crippen molar-refractivity contribution in [1.82, 2.24) is 0 Å². The monoisotopic (exact) mass is 67.1 g/mol. The summed E-state index contributed by atoms with van der Waals surface area (Å²) < 4.78 is 7.06. The Morgan fingerprint density at radius 1 is 2.00 bits per heavy atom. The van der Waals surface area contributed by atoms with Crippen LogP contribution < -0.4 is 0 Å². The maximum absolute atomic E-state index is 7.06. The summed E-state index contributed by atoms with van der Waals surface area (Å²) in [6.07, 6.45) is 6.74. The van der Waals surface area contributed by atoms with Gasteiger partial charge in [-0.1, -0.05) is 0 Å². The molecule has 0 bridgehead atoms. The molecule has 0 aromatic heterocycles. The average Bonchev–Trinajstić information content (AvgIpc) is 2.22. The Kier molecular flexibility index (Phi) is 0.282. The standard InChI is InChI=1S/C5H6/c1-2-5-3-4-5/h1,5H,3-4H2/i5D. The van der Waals surface area contributed by atoms with E-state index in [1.807, 2.05) is 0 Å². The molecule has 0 aromatic carbocycles. The summed E-state index contributed by atoms with van der Waals surface area (Å²) in [5.41, 5.74) is 0. The van der Waals surface area contributed by atoms with Crippen LogP contribution in [0.3, 0.4) is 0 Å². The molecular formula is C5H6. The van der Waals surface area contributed by atoms with Crippen molar-refractivity contribution in [2.75, 3.05) is 0 Å². The van der Waals surface area contributed by atoms with E-state index in [2.05, 4.69) is 5.92 Å². The zero-order chi connectivity index (χ0) is 4.62. The summed E-state index contributed by atoms with van der Waals surface area (Å²) in [6, 6.07) is 0. The van der Waals surface area contributed by atoms with E-state index >= 15 is 0 Å². The van der Waals surface area contributed by atoms with Gasteiger partial charge >= 0.3 is 0 Å². The predicted molar refractivity (Wildman–Crippen MR) is 21.6 cm³/mol. The number of terminal acetylenes is 1. The SMILES string of the molecule is [2H]C1(C#C)CC1. The first-order valence-electron chi connectivity index (χ1n) is 2.25. The van der Waals surface area contributed by atoms with Gasteiger partial charge in [-0.25, -0.2) is 0 Å². The lowest BCUT2D eigenvalue weighted by Crippen LogP contribution is -1.52. The maximum atomic E-state index is 7.06. The lowest BCUT2D eigenvalue weighted by molar-refractivity contribution is 1.18. The van der Waals surface area contributed by atoms with Gasteiger partial charge in [0.1, 0.15) is 0 Å². The van der Waals surface area contributed by atoms with Crippen molar-refractivity contribution >= 4 is 0 Å². The molecule has 0 nitrogen and oxygen atoms in total. The molecule has 1 aliphatic carbocycles. The highest BCUT2D eigenvalue weighted by molar-refractivity contribution is 5.00. The van der Waals surface area contributed by atoms with Crippen LogP contribution in [-0.4, -0.2) is 0 Å². The highest BCUT2D eigenvalue weighted by Crippen LogP contribution is 2.26. The maximum Gasteiger partial charge on any atom is 0.0439 e. The minimum Gasteiger partial charge on any atom is -0.120 e. The normalized spacial score (nSPS) is 30.6. The molecular weight excluding hydrogens is 60.1 g/mol. The second-order valence-electron chi connectivity index (χ2n) is 1.25. The molecule has 0 amide bonds. The first-order valence-corrected chi connectivity index (χ1v) is 1.75. The summed E-state index contributed by atoms with van der Waals surface area (Å²) in [5, 5.41) is 0. The zero-order valence-electron chi connectivity index (χ0n) is 3.99. The third-order valence-corrected chi connectivity index (χ3v) is 0.704. The molecule has 1 saturated carbocycles. The van der Waals surface area contributed by atoms with Gasteiger partial charge in [0.25, 0.3) is 0 Å². The highest BCUT2D eigenvalue weighted by Gasteiger charge is 2.16. The van der Waals surface area contributed by atoms with Crippen LogP contribution in [0.5, 0.6) is 0 Å².